The number of anilines is 1. The fourth-order valence-electron chi connectivity index (χ4n) is 3.13. The van der Waals surface area contributed by atoms with Crippen molar-refractivity contribution in [3.8, 4) is 0 Å². The minimum absolute atomic E-state index is 0.0128. The van der Waals surface area contributed by atoms with Crippen molar-refractivity contribution in [1.29, 1.82) is 0 Å². The average molecular weight is 364 g/mol. The van der Waals surface area contributed by atoms with Gasteiger partial charge in [0, 0.05) is 25.9 Å². The van der Waals surface area contributed by atoms with Crippen LogP contribution in [0.2, 0.25) is 0 Å². The zero-order valence-electron chi connectivity index (χ0n) is 15.5. The quantitative estimate of drug-likeness (QED) is 0.634. The lowest BCUT2D eigenvalue weighted by atomic mass is 9.96. The predicted molar refractivity (Wildman–Crippen MR) is 93.0 cm³/mol. The molecular formula is C18H24N2O6. The van der Waals surface area contributed by atoms with Gasteiger partial charge in [0.2, 0.25) is 17.7 Å². The molecule has 1 N–H and O–H groups in total. The van der Waals surface area contributed by atoms with Crippen LogP contribution in [0.15, 0.2) is 4.42 Å². The van der Waals surface area contributed by atoms with Crippen LogP contribution in [0.25, 0.3) is 0 Å². The Morgan fingerprint density at radius 2 is 1.77 bits per heavy atom. The highest BCUT2D eigenvalue weighted by molar-refractivity contribution is 6.10. The molecule has 1 aliphatic heterocycles. The maximum Gasteiger partial charge on any atom is 0.344 e. The largest absolute Gasteiger partial charge is 0.462 e. The lowest BCUT2D eigenvalue weighted by molar-refractivity contribution is -0.132. The van der Waals surface area contributed by atoms with Crippen LogP contribution in [0.4, 0.5) is 5.88 Å². The van der Waals surface area contributed by atoms with Crippen LogP contribution in [0.5, 0.6) is 0 Å². The van der Waals surface area contributed by atoms with Gasteiger partial charge in [0.15, 0.2) is 5.78 Å². The van der Waals surface area contributed by atoms with Gasteiger partial charge in [-0.15, -0.1) is 0 Å². The van der Waals surface area contributed by atoms with Gasteiger partial charge in [0.05, 0.1) is 12.2 Å². The van der Waals surface area contributed by atoms with Crippen LogP contribution < -0.4 is 5.32 Å². The summed E-state index contributed by atoms with van der Waals surface area (Å²) in [6, 6.07) is 0. The summed E-state index contributed by atoms with van der Waals surface area (Å²) < 4.78 is 10.5. The molecule has 1 saturated heterocycles. The van der Waals surface area contributed by atoms with Crippen LogP contribution in [0.1, 0.15) is 60.1 Å². The maximum atomic E-state index is 12.6. The van der Waals surface area contributed by atoms with Gasteiger partial charge in [-0.05, 0) is 33.6 Å². The van der Waals surface area contributed by atoms with Gasteiger partial charge in [0.1, 0.15) is 11.3 Å². The zero-order chi connectivity index (χ0) is 19.4. The van der Waals surface area contributed by atoms with Crippen molar-refractivity contribution in [2.24, 2.45) is 5.92 Å². The molecule has 8 heteroatoms. The van der Waals surface area contributed by atoms with Gasteiger partial charge in [-0.1, -0.05) is 0 Å². The van der Waals surface area contributed by atoms with Crippen molar-refractivity contribution in [2.75, 3.05) is 25.0 Å². The van der Waals surface area contributed by atoms with E-state index >= 15 is 0 Å². The Kier molecular flexibility index (Phi) is 6.18. The fraction of sp³-hybridized carbons (Fsp3) is 0.556. The van der Waals surface area contributed by atoms with E-state index in [0.717, 1.165) is 0 Å². The number of carbonyl (C=O) groups is 4. The number of aryl methyl sites for hydroxylation is 1. The average Bonchev–Trinajstić information content (AvgIpc) is 2.91. The third kappa shape index (κ3) is 4.12. The number of piperidine rings is 1. The molecule has 8 nitrogen and oxygen atoms in total. The molecule has 0 aromatic carbocycles. The second-order valence-electron chi connectivity index (χ2n) is 6.28. The Labute approximate surface area is 151 Å². The first-order valence-corrected chi connectivity index (χ1v) is 8.64. The van der Waals surface area contributed by atoms with Crippen molar-refractivity contribution in [3.05, 3.63) is 16.9 Å². The molecular weight excluding hydrogens is 340 g/mol. The Hall–Kier alpha value is -2.64. The van der Waals surface area contributed by atoms with Crippen molar-refractivity contribution < 1.29 is 28.3 Å². The molecule has 0 radical (unpaired) electrons. The number of rotatable bonds is 5. The molecule has 2 heterocycles. The van der Waals surface area contributed by atoms with Crippen molar-refractivity contribution >= 4 is 29.5 Å². The molecule has 1 aromatic heterocycles. The number of likely N-dealkylation sites (tertiary alicyclic amines) is 1. The minimum atomic E-state index is -0.712. The predicted octanol–water partition coefficient (Wildman–Crippen LogP) is 2.16. The van der Waals surface area contributed by atoms with E-state index in [1.165, 1.54) is 13.8 Å². The molecule has 2 rings (SSSR count). The van der Waals surface area contributed by atoms with Crippen LogP contribution in [0, 0.1) is 12.8 Å². The monoisotopic (exact) mass is 364 g/mol. The summed E-state index contributed by atoms with van der Waals surface area (Å²) in [6.45, 7) is 7.18. The second kappa shape index (κ2) is 8.16. The van der Waals surface area contributed by atoms with Gasteiger partial charge in [0.25, 0.3) is 0 Å². The normalized spacial score (nSPS) is 14.8. The summed E-state index contributed by atoms with van der Waals surface area (Å²) in [5, 5.41) is 2.62. The highest BCUT2D eigenvalue weighted by Crippen LogP contribution is 2.30. The lowest BCUT2D eigenvalue weighted by Gasteiger charge is -2.30. The van der Waals surface area contributed by atoms with Gasteiger partial charge < -0.3 is 14.1 Å². The Bertz CT molecular complexity index is 728. The van der Waals surface area contributed by atoms with Gasteiger partial charge in [-0.2, -0.15) is 0 Å². The van der Waals surface area contributed by atoms with Crippen LogP contribution in [0.3, 0.4) is 0 Å². The lowest BCUT2D eigenvalue weighted by Crippen LogP contribution is -2.40. The van der Waals surface area contributed by atoms with Crippen LogP contribution in [-0.4, -0.2) is 48.2 Å². The molecule has 1 aromatic rings. The number of hydrogen-bond acceptors (Lipinski definition) is 6. The number of ether oxygens (including phenoxy) is 1. The number of nitrogens with zero attached hydrogens (tertiary/aromatic N) is 1. The third-order valence-corrected chi connectivity index (χ3v) is 4.46. The van der Waals surface area contributed by atoms with E-state index in [0.29, 0.717) is 25.9 Å². The molecule has 142 valence electrons. The SMILES string of the molecule is CCOC(=O)c1c(NC(=O)C2CCN(C(C)=O)CC2)oc(C)c1C(C)=O. The number of nitrogens with one attached hydrogen (secondary N) is 1. The number of hydrogen-bond donors (Lipinski definition) is 1. The van der Waals surface area contributed by atoms with E-state index in [1.54, 1.807) is 18.7 Å². The number of carbonyl (C=O) groups excluding carboxylic acids is 4. The van der Waals surface area contributed by atoms with Crippen molar-refractivity contribution in [3.63, 3.8) is 0 Å². The summed E-state index contributed by atoms with van der Waals surface area (Å²) in [6.07, 6.45) is 1.05. The minimum Gasteiger partial charge on any atom is -0.462 e. The van der Waals surface area contributed by atoms with E-state index in [1.807, 2.05) is 0 Å². The van der Waals surface area contributed by atoms with Crippen LogP contribution >= 0.6 is 0 Å². The highest BCUT2D eigenvalue weighted by Gasteiger charge is 2.31. The highest BCUT2D eigenvalue weighted by atomic mass is 16.5. The van der Waals surface area contributed by atoms with Crippen molar-refractivity contribution in [2.45, 2.75) is 40.5 Å². The number of furan rings is 1. The number of ketones is 1. The van der Waals surface area contributed by atoms with Crippen LogP contribution in [-0.2, 0) is 14.3 Å². The Balaban J connectivity index is 2.20. The molecule has 0 saturated carbocycles. The molecule has 0 bridgehead atoms. The molecule has 0 atom stereocenters. The first-order chi connectivity index (χ1) is 12.3. The fourth-order valence-corrected chi connectivity index (χ4v) is 3.13. The number of esters is 1. The molecule has 0 unspecified atom stereocenters. The molecule has 26 heavy (non-hydrogen) atoms. The first-order valence-electron chi connectivity index (χ1n) is 8.64. The van der Waals surface area contributed by atoms with E-state index in [2.05, 4.69) is 5.32 Å². The summed E-state index contributed by atoms with van der Waals surface area (Å²) in [5.74, 6) is -1.48. The van der Waals surface area contributed by atoms with E-state index in [4.69, 9.17) is 9.15 Å². The number of amides is 2. The topological polar surface area (TPSA) is 106 Å². The summed E-state index contributed by atoms with van der Waals surface area (Å²) in [7, 11) is 0. The third-order valence-electron chi connectivity index (χ3n) is 4.46. The van der Waals surface area contributed by atoms with Gasteiger partial charge >= 0.3 is 5.97 Å². The molecule has 0 spiro atoms. The molecule has 0 aliphatic carbocycles. The molecule has 1 aliphatic rings. The maximum absolute atomic E-state index is 12.6. The smallest absolute Gasteiger partial charge is 0.344 e. The van der Waals surface area contributed by atoms with E-state index in [-0.39, 0.29) is 52.9 Å². The van der Waals surface area contributed by atoms with E-state index in [9.17, 15) is 19.2 Å². The van der Waals surface area contributed by atoms with Crippen molar-refractivity contribution in [1.82, 2.24) is 4.90 Å². The molecule has 1 fully saturated rings. The number of Topliss-reactive ketones (excluding diaryl/α,β-unsaturated/α-hetero) is 1. The Morgan fingerprint density at radius 3 is 2.27 bits per heavy atom. The molecule has 2 amide bonds. The van der Waals surface area contributed by atoms with E-state index < -0.39 is 5.97 Å². The Morgan fingerprint density at radius 1 is 1.15 bits per heavy atom. The standard InChI is InChI=1S/C18H24N2O6/c1-5-25-18(24)15-14(10(2)21)11(3)26-17(15)19-16(23)13-6-8-20(9-7-13)12(4)22/h13H,5-9H2,1-4H3,(H,19,23). The van der Waals surface area contributed by atoms with Gasteiger partial charge in [-0.25, -0.2) is 4.79 Å². The van der Waals surface area contributed by atoms with Gasteiger partial charge in [-0.3, -0.25) is 19.7 Å². The summed E-state index contributed by atoms with van der Waals surface area (Å²) in [4.78, 5) is 49.8. The first kappa shape index (κ1) is 19.7. The second-order valence-corrected chi connectivity index (χ2v) is 6.28. The summed E-state index contributed by atoms with van der Waals surface area (Å²) >= 11 is 0. The summed E-state index contributed by atoms with van der Waals surface area (Å²) in [5.41, 5.74) is 0.0662. The zero-order valence-corrected chi connectivity index (χ0v) is 15.5.